The maximum Gasteiger partial charge on any atom is 0.126 e. The molecule has 1 aromatic rings. The van der Waals surface area contributed by atoms with Crippen LogP contribution < -0.4 is 0 Å². The third-order valence-electron chi connectivity index (χ3n) is 5.66. The standard InChI is InChI=1S/C19H23FO/c1-2-21-19(14-4-3-5-17(20)11-14)18-15-7-12-6-13(9-15)10-16(18)8-12/h3-5,11-13,15-16H,2,6-10H2,1H3. The molecule has 0 atom stereocenters. The molecule has 0 aromatic heterocycles. The lowest BCUT2D eigenvalue weighted by atomic mass is 9.54. The Labute approximate surface area is 126 Å². The summed E-state index contributed by atoms with van der Waals surface area (Å²) in [5.41, 5.74) is 2.44. The molecule has 4 fully saturated rings. The van der Waals surface area contributed by atoms with Crippen LogP contribution in [0.4, 0.5) is 4.39 Å². The van der Waals surface area contributed by atoms with Crippen molar-refractivity contribution in [1.29, 1.82) is 0 Å². The number of ether oxygens (including phenoxy) is 1. The Morgan fingerprint density at radius 1 is 1.10 bits per heavy atom. The smallest absolute Gasteiger partial charge is 0.126 e. The molecular weight excluding hydrogens is 263 g/mol. The zero-order chi connectivity index (χ0) is 14.4. The van der Waals surface area contributed by atoms with Crippen LogP contribution in [-0.2, 0) is 4.74 Å². The summed E-state index contributed by atoms with van der Waals surface area (Å²) in [6.45, 7) is 2.68. The van der Waals surface area contributed by atoms with Crippen LogP contribution in [0.5, 0.6) is 0 Å². The van der Waals surface area contributed by atoms with Crippen LogP contribution in [0.3, 0.4) is 0 Å². The van der Waals surface area contributed by atoms with E-state index < -0.39 is 0 Å². The lowest BCUT2D eigenvalue weighted by Gasteiger charge is -2.51. The number of benzene rings is 1. The molecule has 5 rings (SSSR count). The van der Waals surface area contributed by atoms with Crippen LogP contribution in [0.25, 0.3) is 5.76 Å². The van der Waals surface area contributed by atoms with E-state index in [-0.39, 0.29) is 5.82 Å². The van der Waals surface area contributed by atoms with Gasteiger partial charge in [0.25, 0.3) is 0 Å². The first-order chi connectivity index (χ1) is 10.2. The monoisotopic (exact) mass is 286 g/mol. The lowest BCUT2D eigenvalue weighted by molar-refractivity contribution is 0.0668. The van der Waals surface area contributed by atoms with Crippen LogP contribution in [0.15, 0.2) is 29.8 Å². The Balaban J connectivity index is 1.78. The highest BCUT2D eigenvalue weighted by molar-refractivity contribution is 5.65. The molecule has 4 aliphatic carbocycles. The van der Waals surface area contributed by atoms with E-state index in [9.17, 15) is 4.39 Å². The van der Waals surface area contributed by atoms with Gasteiger partial charge in [-0.25, -0.2) is 4.39 Å². The van der Waals surface area contributed by atoms with E-state index in [0.717, 1.165) is 23.2 Å². The van der Waals surface area contributed by atoms with Crippen molar-refractivity contribution in [3.05, 3.63) is 41.2 Å². The molecule has 2 heteroatoms. The molecular formula is C19H23FO. The van der Waals surface area contributed by atoms with Gasteiger partial charge in [-0.15, -0.1) is 0 Å². The summed E-state index contributed by atoms with van der Waals surface area (Å²) >= 11 is 0. The van der Waals surface area contributed by atoms with Crippen molar-refractivity contribution < 1.29 is 9.13 Å². The molecule has 0 saturated heterocycles. The first-order valence-electron chi connectivity index (χ1n) is 8.37. The van der Waals surface area contributed by atoms with Crippen LogP contribution in [-0.4, -0.2) is 6.61 Å². The molecule has 4 bridgehead atoms. The maximum atomic E-state index is 13.6. The van der Waals surface area contributed by atoms with E-state index in [1.807, 2.05) is 13.0 Å². The molecule has 0 radical (unpaired) electrons. The fourth-order valence-corrected chi connectivity index (χ4v) is 5.17. The highest BCUT2D eigenvalue weighted by atomic mass is 19.1. The lowest BCUT2D eigenvalue weighted by Crippen LogP contribution is -2.41. The Hall–Kier alpha value is -1.31. The number of halogens is 1. The second-order valence-electron chi connectivity index (χ2n) is 7.03. The molecule has 4 saturated carbocycles. The first-order valence-corrected chi connectivity index (χ1v) is 8.37. The van der Waals surface area contributed by atoms with Gasteiger partial charge in [0.2, 0.25) is 0 Å². The van der Waals surface area contributed by atoms with E-state index in [0.29, 0.717) is 18.4 Å². The van der Waals surface area contributed by atoms with Crippen molar-refractivity contribution in [2.45, 2.75) is 39.0 Å². The van der Waals surface area contributed by atoms with Crippen molar-refractivity contribution >= 4 is 5.76 Å². The first kappa shape index (κ1) is 13.4. The van der Waals surface area contributed by atoms with Gasteiger partial charge in [-0.05, 0) is 80.4 Å². The van der Waals surface area contributed by atoms with Crippen LogP contribution >= 0.6 is 0 Å². The SMILES string of the molecule is CCOC(=C1C2CC3CC(C2)CC1C3)c1cccc(F)c1. The summed E-state index contributed by atoms with van der Waals surface area (Å²) in [7, 11) is 0. The highest BCUT2D eigenvalue weighted by Gasteiger charge is 2.46. The quantitative estimate of drug-likeness (QED) is 0.708. The Morgan fingerprint density at radius 2 is 1.76 bits per heavy atom. The number of rotatable bonds is 3. The van der Waals surface area contributed by atoms with Gasteiger partial charge < -0.3 is 4.74 Å². The number of allylic oxidation sites excluding steroid dienone is 1. The van der Waals surface area contributed by atoms with Crippen molar-refractivity contribution in [3.8, 4) is 0 Å². The molecule has 21 heavy (non-hydrogen) atoms. The Bertz CT molecular complexity index is 545. The molecule has 1 nitrogen and oxygen atoms in total. The molecule has 112 valence electrons. The predicted molar refractivity (Wildman–Crippen MR) is 82.0 cm³/mol. The van der Waals surface area contributed by atoms with E-state index in [1.54, 1.807) is 12.1 Å². The molecule has 0 spiro atoms. The van der Waals surface area contributed by atoms with Crippen LogP contribution in [0.1, 0.15) is 44.6 Å². The summed E-state index contributed by atoms with van der Waals surface area (Å²) in [6.07, 6.45) is 6.76. The minimum atomic E-state index is -0.172. The predicted octanol–water partition coefficient (Wildman–Crippen LogP) is 5.03. The van der Waals surface area contributed by atoms with E-state index in [1.165, 1.54) is 43.7 Å². The summed E-state index contributed by atoms with van der Waals surface area (Å²) in [5, 5.41) is 0. The van der Waals surface area contributed by atoms with Crippen molar-refractivity contribution in [1.82, 2.24) is 0 Å². The van der Waals surface area contributed by atoms with E-state index in [2.05, 4.69) is 0 Å². The fourth-order valence-electron chi connectivity index (χ4n) is 5.17. The van der Waals surface area contributed by atoms with Gasteiger partial charge in [0.1, 0.15) is 11.6 Å². The van der Waals surface area contributed by atoms with Crippen LogP contribution in [0.2, 0.25) is 0 Å². The minimum absolute atomic E-state index is 0.172. The van der Waals surface area contributed by atoms with Gasteiger partial charge in [-0.3, -0.25) is 0 Å². The minimum Gasteiger partial charge on any atom is -0.493 e. The fraction of sp³-hybridized carbons (Fsp3) is 0.579. The van der Waals surface area contributed by atoms with Crippen molar-refractivity contribution in [2.75, 3.05) is 6.61 Å². The summed E-state index contributed by atoms with van der Waals surface area (Å²) in [4.78, 5) is 0. The van der Waals surface area contributed by atoms with E-state index in [4.69, 9.17) is 4.74 Å². The maximum absolute atomic E-state index is 13.6. The number of hydrogen-bond acceptors (Lipinski definition) is 1. The molecule has 0 aliphatic heterocycles. The average Bonchev–Trinajstić information content (AvgIpc) is 2.45. The van der Waals surface area contributed by atoms with Crippen LogP contribution in [0, 0.1) is 29.5 Å². The topological polar surface area (TPSA) is 9.23 Å². The normalized spacial score (nSPS) is 33.3. The molecule has 0 amide bonds. The third kappa shape index (κ3) is 2.29. The third-order valence-corrected chi connectivity index (χ3v) is 5.66. The van der Waals surface area contributed by atoms with Gasteiger partial charge in [0, 0.05) is 5.56 Å². The van der Waals surface area contributed by atoms with Gasteiger partial charge in [0.15, 0.2) is 0 Å². The van der Waals surface area contributed by atoms with Crippen molar-refractivity contribution in [2.24, 2.45) is 23.7 Å². The van der Waals surface area contributed by atoms with Gasteiger partial charge in [-0.1, -0.05) is 12.1 Å². The van der Waals surface area contributed by atoms with E-state index >= 15 is 0 Å². The highest BCUT2D eigenvalue weighted by Crippen LogP contribution is 2.57. The zero-order valence-corrected chi connectivity index (χ0v) is 12.6. The van der Waals surface area contributed by atoms with Crippen molar-refractivity contribution in [3.63, 3.8) is 0 Å². The molecule has 4 aliphatic rings. The summed E-state index contributed by atoms with van der Waals surface area (Å²) in [6, 6.07) is 6.92. The van der Waals surface area contributed by atoms with Gasteiger partial charge >= 0.3 is 0 Å². The summed E-state index contributed by atoms with van der Waals surface area (Å²) < 4.78 is 19.6. The Morgan fingerprint density at radius 3 is 2.33 bits per heavy atom. The molecule has 0 heterocycles. The van der Waals surface area contributed by atoms with Gasteiger partial charge in [0.05, 0.1) is 6.61 Å². The number of hydrogen-bond donors (Lipinski definition) is 0. The second kappa shape index (κ2) is 5.15. The van der Waals surface area contributed by atoms with Gasteiger partial charge in [-0.2, -0.15) is 0 Å². The molecule has 0 unspecified atom stereocenters. The molecule has 0 N–H and O–H groups in total. The second-order valence-corrected chi connectivity index (χ2v) is 7.03. The Kier molecular flexibility index (Phi) is 3.28. The largest absolute Gasteiger partial charge is 0.493 e. The molecule has 1 aromatic carbocycles. The average molecular weight is 286 g/mol. The zero-order valence-electron chi connectivity index (χ0n) is 12.6. The summed E-state index contributed by atoms with van der Waals surface area (Å²) in [5.74, 6) is 4.07.